The van der Waals surface area contributed by atoms with E-state index >= 15 is 0 Å². The molecule has 3 rings (SSSR count). The molecule has 0 amide bonds. The Balaban J connectivity index is 1.77. The Morgan fingerprint density at radius 1 is 1.10 bits per heavy atom. The highest BCUT2D eigenvalue weighted by Crippen LogP contribution is 2.27. The van der Waals surface area contributed by atoms with Crippen molar-refractivity contribution in [2.75, 3.05) is 0 Å². The lowest BCUT2D eigenvalue weighted by Crippen LogP contribution is -1.90. The van der Waals surface area contributed by atoms with E-state index in [4.69, 9.17) is 12.2 Å². The van der Waals surface area contributed by atoms with Crippen molar-refractivity contribution < 1.29 is 0 Å². The van der Waals surface area contributed by atoms with Gasteiger partial charge >= 0.3 is 0 Å². The van der Waals surface area contributed by atoms with Crippen molar-refractivity contribution in [2.45, 2.75) is 19.8 Å². The molecule has 2 heterocycles. The summed E-state index contributed by atoms with van der Waals surface area (Å²) in [6.07, 6.45) is 1.95. The number of thiazole rings is 1. The Morgan fingerprint density at radius 2 is 1.90 bits per heavy atom. The van der Waals surface area contributed by atoms with Crippen molar-refractivity contribution in [1.82, 2.24) is 20.2 Å². The molecular formula is C14H14N4S2. The van der Waals surface area contributed by atoms with E-state index in [0.717, 1.165) is 34.2 Å². The zero-order valence-electron chi connectivity index (χ0n) is 11.0. The van der Waals surface area contributed by atoms with Gasteiger partial charge in [-0.1, -0.05) is 30.3 Å². The highest BCUT2D eigenvalue weighted by atomic mass is 32.1. The number of aromatic nitrogens is 4. The van der Waals surface area contributed by atoms with Crippen LogP contribution in [0.15, 0.2) is 30.3 Å². The van der Waals surface area contributed by atoms with E-state index in [0.29, 0.717) is 4.77 Å². The Hall–Kier alpha value is -1.79. The van der Waals surface area contributed by atoms with Gasteiger partial charge in [0, 0.05) is 6.42 Å². The van der Waals surface area contributed by atoms with Crippen molar-refractivity contribution in [2.24, 2.45) is 0 Å². The van der Waals surface area contributed by atoms with Crippen LogP contribution in [0.5, 0.6) is 0 Å². The minimum atomic E-state index is 0.471. The van der Waals surface area contributed by atoms with Gasteiger partial charge in [0.15, 0.2) is 5.82 Å². The van der Waals surface area contributed by atoms with Crippen LogP contribution in [0.3, 0.4) is 0 Å². The molecule has 0 unspecified atom stereocenters. The van der Waals surface area contributed by atoms with E-state index < -0.39 is 0 Å². The second kappa shape index (κ2) is 5.68. The first-order valence-electron chi connectivity index (χ1n) is 6.37. The normalized spacial score (nSPS) is 10.8. The van der Waals surface area contributed by atoms with Gasteiger partial charge in [-0.25, -0.2) is 4.98 Å². The summed E-state index contributed by atoms with van der Waals surface area (Å²) in [4.78, 5) is 9.93. The third-order valence-corrected chi connectivity index (χ3v) is 4.44. The van der Waals surface area contributed by atoms with Gasteiger partial charge in [0.25, 0.3) is 0 Å². The second-order valence-corrected chi connectivity index (χ2v) is 5.99. The largest absolute Gasteiger partial charge is 0.281 e. The van der Waals surface area contributed by atoms with Gasteiger partial charge in [-0.15, -0.1) is 11.3 Å². The van der Waals surface area contributed by atoms with Gasteiger partial charge in [-0.3, -0.25) is 10.2 Å². The average molecular weight is 302 g/mol. The topological polar surface area (TPSA) is 57.4 Å². The summed E-state index contributed by atoms with van der Waals surface area (Å²) in [5.41, 5.74) is 2.33. The van der Waals surface area contributed by atoms with Crippen molar-refractivity contribution in [1.29, 1.82) is 0 Å². The number of hydrogen-bond acceptors (Lipinski definition) is 4. The SMILES string of the molecule is Cc1nc(CCc2ccccc2)sc1-c1nc(=S)[nH][nH]1. The molecule has 0 aliphatic carbocycles. The number of aryl methyl sites for hydroxylation is 3. The van der Waals surface area contributed by atoms with Crippen molar-refractivity contribution in [3.8, 4) is 10.7 Å². The molecule has 3 aromatic rings. The molecule has 0 aliphatic heterocycles. The average Bonchev–Trinajstić information content (AvgIpc) is 3.04. The first kappa shape index (κ1) is 13.2. The summed E-state index contributed by atoms with van der Waals surface area (Å²) in [5, 5.41) is 6.93. The van der Waals surface area contributed by atoms with Crippen LogP contribution >= 0.6 is 23.6 Å². The molecule has 2 N–H and O–H groups in total. The maximum absolute atomic E-state index is 4.98. The molecule has 1 aromatic carbocycles. The Labute approximate surface area is 125 Å². The second-order valence-electron chi connectivity index (χ2n) is 4.52. The standard InChI is InChI=1S/C14H14N4S2/c1-9-12(13-16-14(19)18-17-13)20-11(15-9)8-7-10-5-3-2-4-6-10/h2-6H,7-8H2,1H3,(H2,16,17,18,19). The van der Waals surface area contributed by atoms with E-state index in [1.807, 2.05) is 13.0 Å². The molecule has 0 aliphatic rings. The Bertz CT molecular complexity index is 755. The number of aromatic amines is 2. The number of rotatable bonds is 4. The van der Waals surface area contributed by atoms with Crippen LogP contribution < -0.4 is 0 Å². The number of nitrogens with one attached hydrogen (secondary N) is 2. The number of hydrogen-bond donors (Lipinski definition) is 2. The molecule has 0 radical (unpaired) electrons. The van der Waals surface area contributed by atoms with Gasteiger partial charge in [-0.2, -0.15) is 4.98 Å². The zero-order chi connectivity index (χ0) is 13.9. The van der Waals surface area contributed by atoms with Crippen LogP contribution in [0.25, 0.3) is 10.7 Å². The monoisotopic (exact) mass is 302 g/mol. The molecule has 0 saturated carbocycles. The first-order chi connectivity index (χ1) is 9.72. The van der Waals surface area contributed by atoms with Crippen LogP contribution in [0, 0.1) is 11.7 Å². The lowest BCUT2D eigenvalue weighted by molar-refractivity contribution is 0.936. The van der Waals surface area contributed by atoms with Crippen molar-refractivity contribution in [3.63, 3.8) is 0 Å². The third kappa shape index (κ3) is 2.86. The third-order valence-electron chi connectivity index (χ3n) is 3.03. The summed E-state index contributed by atoms with van der Waals surface area (Å²) in [5.74, 6) is 0.774. The van der Waals surface area contributed by atoms with Crippen LogP contribution in [0.4, 0.5) is 0 Å². The van der Waals surface area contributed by atoms with Gasteiger partial charge in [0.1, 0.15) is 0 Å². The van der Waals surface area contributed by atoms with Crippen LogP contribution in [0.1, 0.15) is 16.3 Å². The molecule has 0 saturated heterocycles. The van der Waals surface area contributed by atoms with Crippen LogP contribution in [-0.4, -0.2) is 20.2 Å². The van der Waals surface area contributed by atoms with E-state index in [1.54, 1.807) is 11.3 Å². The molecule has 2 aromatic heterocycles. The summed E-state index contributed by atoms with van der Waals surface area (Å²) in [6, 6.07) is 10.5. The van der Waals surface area contributed by atoms with Crippen LogP contribution in [0.2, 0.25) is 0 Å². The fraction of sp³-hybridized carbons (Fsp3) is 0.214. The highest BCUT2D eigenvalue weighted by Gasteiger charge is 2.12. The lowest BCUT2D eigenvalue weighted by Gasteiger charge is -1.97. The quantitative estimate of drug-likeness (QED) is 0.723. The minimum Gasteiger partial charge on any atom is -0.281 e. The predicted molar refractivity (Wildman–Crippen MR) is 83.5 cm³/mol. The van der Waals surface area contributed by atoms with Gasteiger partial charge in [0.05, 0.1) is 15.6 Å². The summed E-state index contributed by atoms with van der Waals surface area (Å²) in [6.45, 7) is 2.00. The number of H-pyrrole nitrogens is 2. The van der Waals surface area contributed by atoms with Crippen molar-refractivity contribution in [3.05, 3.63) is 51.4 Å². The highest BCUT2D eigenvalue weighted by molar-refractivity contribution is 7.71. The van der Waals surface area contributed by atoms with Gasteiger partial charge in [0.2, 0.25) is 4.77 Å². The van der Waals surface area contributed by atoms with Crippen LogP contribution in [-0.2, 0) is 12.8 Å². The fourth-order valence-corrected chi connectivity index (χ4v) is 3.20. The van der Waals surface area contributed by atoms with E-state index in [-0.39, 0.29) is 0 Å². The maximum Gasteiger partial charge on any atom is 0.213 e. The minimum absolute atomic E-state index is 0.471. The molecule has 6 heteroatoms. The summed E-state index contributed by atoms with van der Waals surface area (Å²) >= 11 is 6.66. The van der Waals surface area contributed by atoms with E-state index in [1.165, 1.54) is 5.56 Å². The lowest BCUT2D eigenvalue weighted by atomic mass is 10.1. The maximum atomic E-state index is 4.98. The molecule has 20 heavy (non-hydrogen) atoms. The Morgan fingerprint density at radius 3 is 2.60 bits per heavy atom. The molecule has 0 fully saturated rings. The number of benzene rings is 1. The van der Waals surface area contributed by atoms with E-state index in [9.17, 15) is 0 Å². The first-order valence-corrected chi connectivity index (χ1v) is 7.60. The van der Waals surface area contributed by atoms with Crippen molar-refractivity contribution >= 4 is 23.6 Å². The summed E-state index contributed by atoms with van der Waals surface area (Å²) in [7, 11) is 0. The molecule has 0 bridgehead atoms. The molecule has 0 spiro atoms. The summed E-state index contributed by atoms with van der Waals surface area (Å²) < 4.78 is 0.471. The molecule has 4 nitrogen and oxygen atoms in total. The smallest absolute Gasteiger partial charge is 0.213 e. The van der Waals surface area contributed by atoms with E-state index in [2.05, 4.69) is 44.4 Å². The molecular weight excluding hydrogens is 288 g/mol. The van der Waals surface area contributed by atoms with Gasteiger partial charge in [-0.05, 0) is 31.1 Å². The molecule has 102 valence electrons. The van der Waals surface area contributed by atoms with Gasteiger partial charge < -0.3 is 0 Å². The predicted octanol–water partition coefficient (Wildman–Crippen LogP) is 3.68. The molecule has 0 atom stereocenters. The Kier molecular flexibility index (Phi) is 3.75. The zero-order valence-corrected chi connectivity index (χ0v) is 12.6. The number of nitrogens with zero attached hydrogens (tertiary/aromatic N) is 2. The fourth-order valence-electron chi connectivity index (χ4n) is 2.05.